The van der Waals surface area contributed by atoms with Crippen molar-refractivity contribution < 1.29 is 0 Å². The highest BCUT2D eigenvalue weighted by Crippen LogP contribution is 2.34. The Bertz CT molecular complexity index is 200. The predicted molar refractivity (Wildman–Crippen MR) is 65.9 cm³/mol. The maximum atomic E-state index is 3.85. The zero-order valence-electron chi connectivity index (χ0n) is 10.6. The number of nitrogens with one attached hydrogen (secondary N) is 1. The molecular weight excluding hydrogens is 182 g/mol. The zero-order chi connectivity index (χ0) is 10.8. The molecule has 0 aromatic heterocycles. The van der Waals surface area contributed by atoms with Crippen molar-refractivity contribution in [2.75, 3.05) is 0 Å². The Morgan fingerprint density at radius 3 is 2.53 bits per heavy atom. The molecule has 1 nitrogen and oxygen atoms in total. The standard InChI is InChI=1S/C14H27N/c1-10(2)7-12-5-4-6-13(9-12)15-14-8-11(14)3/h10-15H,4-9H2,1-3H3. The topological polar surface area (TPSA) is 12.0 Å². The molecule has 0 radical (unpaired) electrons. The molecule has 0 saturated heterocycles. The van der Waals surface area contributed by atoms with Crippen LogP contribution in [0.4, 0.5) is 0 Å². The highest BCUT2D eigenvalue weighted by molar-refractivity contribution is 4.93. The van der Waals surface area contributed by atoms with Crippen molar-refractivity contribution in [3.8, 4) is 0 Å². The summed E-state index contributed by atoms with van der Waals surface area (Å²) in [4.78, 5) is 0. The largest absolute Gasteiger partial charge is 0.311 e. The van der Waals surface area contributed by atoms with Crippen molar-refractivity contribution >= 4 is 0 Å². The molecule has 15 heavy (non-hydrogen) atoms. The smallest absolute Gasteiger partial charge is 0.00989 e. The van der Waals surface area contributed by atoms with Crippen molar-refractivity contribution in [2.45, 2.75) is 71.4 Å². The molecule has 88 valence electrons. The third-order valence-corrected chi connectivity index (χ3v) is 4.15. The average molecular weight is 209 g/mol. The second-order valence-electron chi connectivity index (χ2n) is 6.35. The second kappa shape index (κ2) is 4.86. The summed E-state index contributed by atoms with van der Waals surface area (Å²) < 4.78 is 0. The van der Waals surface area contributed by atoms with E-state index in [2.05, 4.69) is 26.1 Å². The normalized spacial score (nSPS) is 40.8. The van der Waals surface area contributed by atoms with E-state index in [1.165, 1.54) is 38.5 Å². The molecule has 2 saturated carbocycles. The van der Waals surface area contributed by atoms with Gasteiger partial charge in [-0.1, -0.05) is 33.6 Å². The summed E-state index contributed by atoms with van der Waals surface area (Å²) >= 11 is 0. The van der Waals surface area contributed by atoms with Gasteiger partial charge in [-0.2, -0.15) is 0 Å². The van der Waals surface area contributed by atoms with Crippen LogP contribution in [0.2, 0.25) is 0 Å². The Hall–Kier alpha value is -0.0400. The van der Waals surface area contributed by atoms with Gasteiger partial charge in [-0.05, 0) is 43.4 Å². The van der Waals surface area contributed by atoms with Crippen LogP contribution in [0.1, 0.15) is 59.3 Å². The van der Waals surface area contributed by atoms with Crippen LogP contribution in [-0.4, -0.2) is 12.1 Å². The van der Waals surface area contributed by atoms with Gasteiger partial charge < -0.3 is 5.32 Å². The fourth-order valence-corrected chi connectivity index (χ4v) is 3.18. The van der Waals surface area contributed by atoms with E-state index in [1.54, 1.807) is 0 Å². The van der Waals surface area contributed by atoms with Crippen molar-refractivity contribution in [3.05, 3.63) is 0 Å². The summed E-state index contributed by atoms with van der Waals surface area (Å²) in [7, 11) is 0. The van der Waals surface area contributed by atoms with E-state index >= 15 is 0 Å². The minimum atomic E-state index is 0.845. The molecule has 0 aromatic rings. The van der Waals surface area contributed by atoms with E-state index < -0.39 is 0 Å². The Morgan fingerprint density at radius 1 is 1.20 bits per heavy atom. The fourth-order valence-electron chi connectivity index (χ4n) is 3.18. The van der Waals surface area contributed by atoms with E-state index in [0.29, 0.717) is 0 Å². The summed E-state index contributed by atoms with van der Waals surface area (Å²) in [6.07, 6.45) is 8.68. The van der Waals surface area contributed by atoms with E-state index in [1.807, 2.05) is 0 Å². The van der Waals surface area contributed by atoms with Crippen molar-refractivity contribution in [1.82, 2.24) is 5.32 Å². The van der Waals surface area contributed by atoms with Gasteiger partial charge in [-0.15, -0.1) is 0 Å². The van der Waals surface area contributed by atoms with Gasteiger partial charge in [-0.25, -0.2) is 0 Å². The van der Waals surface area contributed by atoms with Crippen LogP contribution in [0.5, 0.6) is 0 Å². The summed E-state index contributed by atoms with van der Waals surface area (Å²) in [6, 6.07) is 1.71. The molecule has 4 unspecified atom stereocenters. The Balaban J connectivity index is 1.71. The maximum absolute atomic E-state index is 3.85. The molecule has 1 heteroatoms. The Labute approximate surface area is 95.0 Å². The Kier molecular flexibility index (Phi) is 3.71. The quantitative estimate of drug-likeness (QED) is 0.746. The van der Waals surface area contributed by atoms with Gasteiger partial charge in [0, 0.05) is 12.1 Å². The first kappa shape index (κ1) is 11.4. The lowest BCUT2D eigenvalue weighted by atomic mass is 9.81. The van der Waals surface area contributed by atoms with Crippen LogP contribution in [0.25, 0.3) is 0 Å². The van der Waals surface area contributed by atoms with Gasteiger partial charge in [0.15, 0.2) is 0 Å². The van der Waals surface area contributed by atoms with Crippen LogP contribution in [0.3, 0.4) is 0 Å². The first-order chi connectivity index (χ1) is 7.15. The third-order valence-electron chi connectivity index (χ3n) is 4.15. The lowest BCUT2D eigenvalue weighted by Crippen LogP contribution is -2.36. The highest BCUT2D eigenvalue weighted by atomic mass is 15.0. The minimum Gasteiger partial charge on any atom is -0.311 e. The van der Waals surface area contributed by atoms with E-state index in [-0.39, 0.29) is 0 Å². The monoisotopic (exact) mass is 209 g/mol. The molecule has 0 heterocycles. The first-order valence-corrected chi connectivity index (χ1v) is 6.91. The molecule has 2 rings (SSSR count). The van der Waals surface area contributed by atoms with Crippen molar-refractivity contribution in [3.63, 3.8) is 0 Å². The van der Waals surface area contributed by atoms with Gasteiger partial charge >= 0.3 is 0 Å². The van der Waals surface area contributed by atoms with E-state index in [4.69, 9.17) is 0 Å². The van der Waals surface area contributed by atoms with E-state index in [0.717, 1.165) is 29.8 Å². The lowest BCUT2D eigenvalue weighted by Gasteiger charge is -2.31. The summed E-state index contributed by atoms with van der Waals surface area (Å²) in [5.41, 5.74) is 0. The summed E-state index contributed by atoms with van der Waals surface area (Å²) in [6.45, 7) is 7.09. The molecule has 4 atom stereocenters. The van der Waals surface area contributed by atoms with Crippen LogP contribution < -0.4 is 5.32 Å². The fraction of sp³-hybridized carbons (Fsp3) is 1.00. The van der Waals surface area contributed by atoms with Gasteiger partial charge in [0.2, 0.25) is 0 Å². The van der Waals surface area contributed by atoms with Crippen molar-refractivity contribution in [1.29, 1.82) is 0 Å². The first-order valence-electron chi connectivity index (χ1n) is 6.91. The summed E-state index contributed by atoms with van der Waals surface area (Å²) in [5, 5.41) is 3.85. The van der Waals surface area contributed by atoms with Gasteiger partial charge in [0.25, 0.3) is 0 Å². The van der Waals surface area contributed by atoms with Crippen LogP contribution in [0.15, 0.2) is 0 Å². The van der Waals surface area contributed by atoms with Gasteiger partial charge in [0.05, 0.1) is 0 Å². The van der Waals surface area contributed by atoms with Gasteiger partial charge in [-0.3, -0.25) is 0 Å². The molecule has 0 amide bonds. The predicted octanol–water partition coefficient (Wildman–Crippen LogP) is 3.59. The minimum absolute atomic E-state index is 0.845. The lowest BCUT2D eigenvalue weighted by molar-refractivity contribution is 0.250. The Morgan fingerprint density at radius 2 is 1.93 bits per heavy atom. The highest BCUT2D eigenvalue weighted by Gasteiger charge is 2.35. The van der Waals surface area contributed by atoms with Crippen LogP contribution in [0, 0.1) is 17.8 Å². The molecule has 0 aliphatic heterocycles. The molecule has 1 N–H and O–H groups in total. The molecule has 2 aliphatic rings. The molecule has 0 bridgehead atoms. The molecule has 0 spiro atoms. The average Bonchev–Trinajstić information content (AvgIpc) is 2.81. The number of rotatable bonds is 4. The third kappa shape index (κ3) is 3.48. The van der Waals surface area contributed by atoms with Crippen LogP contribution >= 0.6 is 0 Å². The van der Waals surface area contributed by atoms with Crippen molar-refractivity contribution in [2.24, 2.45) is 17.8 Å². The molecule has 2 aliphatic carbocycles. The molecule has 2 fully saturated rings. The zero-order valence-corrected chi connectivity index (χ0v) is 10.6. The maximum Gasteiger partial charge on any atom is 0.00989 e. The van der Waals surface area contributed by atoms with E-state index in [9.17, 15) is 0 Å². The second-order valence-corrected chi connectivity index (χ2v) is 6.35. The summed E-state index contributed by atoms with van der Waals surface area (Å²) in [5.74, 6) is 2.84. The SMILES string of the molecule is CC(C)CC1CCCC(NC2CC2C)C1. The number of hydrogen-bond donors (Lipinski definition) is 1. The van der Waals surface area contributed by atoms with Crippen LogP contribution in [-0.2, 0) is 0 Å². The molecule has 0 aromatic carbocycles. The van der Waals surface area contributed by atoms with Gasteiger partial charge in [0.1, 0.15) is 0 Å². The number of hydrogen-bond acceptors (Lipinski definition) is 1. The molecular formula is C14H27N.